The van der Waals surface area contributed by atoms with Crippen molar-refractivity contribution in [3.05, 3.63) is 0 Å². The second-order valence-electron chi connectivity index (χ2n) is 5.91. The fourth-order valence-corrected chi connectivity index (χ4v) is 1.40. The molecule has 1 unspecified atom stereocenters. The van der Waals surface area contributed by atoms with Crippen molar-refractivity contribution in [3.8, 4) is 0 Å². The van der Waals surface area contributed by atoms with Gasteiger partial charge in [0.25, 0.3) is 0 Å². The molecule has 1 amide bonds. The van der Waals surface area contributed by atoms with Crippen LogP contribution < -0.4 is 10.6 Å². The Labute approximate surface area is 117 Å². The van der Waals surface area contributed by atoms with Gasteiger partial charge in [0.05, 0.1) is 12.6 Å². The van der Waals surface area contributed by atoms with E-state index in [1.165, 1.54) is 0 Å². The smallest absolute Gasteiger partial charge is 0.407 e. The number of ether oxygens (including phenoxy) is 1. The van der Waals surface area contributed by atoms with Gasteiger partial charge in [-0.25, -0.2) is 4.79 Å². The Hall–Kier alpha value is -0.810. The standard InChI is InChI=1S/C14H30N2O3/c1-6-14(4,5)19-13(18)16-12(10-17)7-8-15-9-11(2)3/h11-12,15,17H,6-10H2,1-5H3,(H,16,18). The number of hydrogen-bond donors (Lipinski definition) is 3. The molecule has 0 heterocycles. The SMILES string of the molecule is CCC(C)(C)OC(=O)NC(CO)CCNCC(C)C. The summed E-state index contributed by atoms with van der Waals surface area (Å²) >= 11 is 0. The molecule has 0 aliphatic heterocycles. The van der Waals surface area contributed by atoms with Crippen LogP contribution in [0.4, 0.5) is 4.79 Å². The number of amides is 1. The lowest BCUT2D eigenvalue weighted by atomic mass is 10.1. The first-order valence-electron chi connectivity index (χ1n) is 7.11. The molecule has 0 radical (unpaired) electrons. The minimum atomic E-state index is -0.472. The maximum atomic E-state index is 11.7. The molecule has 0 aromatic carbocycles. The highest BCUT2D eigenvalue weighted by atomic mass is 16.6. The van der Waals surface area contributed by atoms with Crippen molar-refractivity contribution in [1.29, 1.82) is 0 Å². The van der Waals surface area contributed by atoms with Gasteiger partial charge in [0, 0.05) is 0 Å². The number of hydrogen-bond acceptors (Lipinski definition) is 4. The van der Waals surface area contributed by atoms with Crippen molar-refractivity contribution >= 4 is 6.09 Å². The summed E-state index contributed by atoms with van der Waals surface area (Å²) in [5.74, 6) is 0.593. The topological polar surface area (TPSA) is 70.6 Å². The average Bonchev–Trinajstić information content (AvgIpc) is 2.32. The third kappa shape index (κ3) is 9.73. The van der Waals surface area contributed by atoms with E-state index < -0.39 is 11.7 Å². The van der Waals surface area contributed by atoms with Crippen LogP contribution in [0.3, 0.4) is 0 Å². The predicted octanol–water partition coefficient (Wildman–Crippen LogP) is 1.90. The molecule has 3 N–H and O–H groups in total. The number of carbonyl (C=O) groups excluding carboxylic acids is 1. The van der Waals surface area contributed by atoms with Gasteiger partial charge in [-0.15, -0.1) is 0 Å². The van der Waals surface area contributed by atoms with Gasteiger partial charge in [0.15, 0.2) is 0 Å². The number of alkyl carbamates (subject to hydrolysis) is 1. The summed E-state index contributed by atoms with van der Waals surface area (Å²) < 4.78 is 5.28. The monoisotopic (exact) mass is 274 g/mol. The van der Waals surface area contributed by atoms with Gasteiger partial charge in [0.2, 0.25) is 0 Å². The number of nitrogens with one attached hydrogen (secondary N) is 2. The van der Waals surface area contributed by atoms with Gasteiger partial charge < -0.3 is 20.5 Å². The first-order chi connectivity index (χ1) is 8.80. The minimum absolute atomic E-state index is 0.0784. The predicted molar refractivity (Wildman–Crippen MR) is 77.2 cm³/mol. The molecule has 0 saturated carbocycles. The first-order valence-corrected chi connectivity index (χ1v) is 7.11. The van der Waals surface area contributed by atoms with Crippen molar-refractivity contribution in [3.63, 3.8) is 0 Å². The summed E-state index contributed by atoms with van der Waals surface area (Å²) in [7, 11) is 0. The molecule has 0 saturated heterocycles. The molecule has 5 nitrogen and oxygen atoms in total. The second kappa shape index (κ2) is 9.15. The second-order valence-corrected chi connectivity index (χ2v) is 5.91. The Morgan fingerprint density at radius 3 is 2.47 bits per heavy atom. The van der Waals surface area contributed by atoms with Crippen molar-refractivity contribution in [2.75, 3.05) is 19.7 Å². The maximum absolute atomic E-state index is 11.7. The molecule has 5 heteroatoms. The normalized spacial score (nSPS) is 13.4. The van der Waals surface area contributed by atoms with Gasteiger partial charge in [-0.3, -0.25) is 0 Å². The van der Waals surface area contributed by atoms with Crippen LogP contribution in [0.2, 0.25) is 0 Å². The molecule has 0 aromatic rings. The van der Waals surface area contributed by atoms with E-state index in [9.17, 15) is 9.90 Å². The Morgan fingerprint density at radius 1 is 1.37 bits per heavy atom. The van der Waals surface area contributed by atoms with Gasteiger partial charge in [-0.2, -0.15) is 0 Å². The van der Waals surface area contributed by atoms with Crippen LogP contribution in [0.5, 0.6) is 0 Å². The van der Waals surface area contributed by atoms with E-state index in [2.05, 4.69) is 24.5 Å². The highest BCUT2D eigenvalue weighted by molar-refractivity contribution is 5.68. The highest BCUT2D eigenvalue weighted by Crippen LogP contribution is 2.13. The summed E-state index contributed by atoms with van der Waals surface area (Å²) in [4.78, 5) is 11.7. The molecule has 1 atom stereocenters. The number of rotatable bonds is 9. The fourth-order valence-electron chi connectivity index (χ4n) is 1.40. The Bertz CT molecular complexity index is 255. The van der Waals surface area contributed by atoms with E-state index in [1.807, 2.05) is 20.8 Å². The molecule has 114 valence electrons. The molecule has 0 fully saturated rings. The van der Waals surface area contributed by atoms with E-state index in [0.29, 0.717) is 12.3 Å². The maximum Gasteiger partial charge on any atom is 0.407 e. The van der Waals surface area contributed by atoms with E-state index in [-0.39, 0.29) is 12.6 Å². The summed E-state index contributed by atoms with van der Waals surface area (Å²) in [6.45, 7) is 11.6. The molecular weight excluding hydrogens is 244 g/mol. The van der Waals surface area contributed by atoms with Crippen molar-refractivity contribution < 1.29 is 14.6 Å². The molecule has 0 aliphatic carbocycles. The third-order valence-corrected chi connectivity index (χ3v) is 2.98. The van der Waals surface area contributed by atoms with Crippen molar-refractivity contribution in [1.82, 2.24) is 10.6 Å². The van der Waals surface area contributed by atoms with Crippen LogP contribution in [0, 0.1) is 5.92 Å². The molecule has 0 aromatic heterocycles. The minimum Gasteiger partial charge on any atom is -0.444 e. The zero-order valence-electron chi connectivity index (χ0n) is 13.0. The zero-order chi connectivity index (χ0) is 14.9. The number of aliphatic hydroxyl groups excluding tert-OH is 1. The first kappa shape index (κ1) is 18.2. The highest BCUT2D eigenvalue weighted by Gasteiger charge is 2.21. The van der Waals surface area contributed by atoms with Crippen LogP contribution in [-0.2, 0) is 4.74 Å². The summed E-state index contributed by atoms with van der Waals surface area (Å²) in [5.41, 5.74) is -0.472. The Balaban J connectivity index is 3.94. The molecular formula is C14H30N2O3. The average molecular weight is 274 g/mol. The lowest BCUT2D eigenvalue weighted by Gasteiger charge is -2.25. The molecule has 0 bridgehead atoms. The van der Waals surface area contributed by atoms with E-state index >= 15 is 0 Å². The molecule has 0 aliphatic rings. The van der Waals surface area contributed by atoms with Crippen molar-refractivity contribution in [2.45, 2.75) is 59.1 Å². The van der Waals surface area contributed by atoms with Crippen LogP contribution in [0.1, 0.15) is 47.5 Å². The van der Waals surface area contributed by atoms with Gasteiger partial charge in [-0.1, -0.05) is 20.8 Å². The molecule has 0 rings (SSSR count). The third-order valence-electron chi connectivity index (χ3n) is 2.98. The fraction of sp³-hybridized carbons (Fsp3) is 0.929. The lowest BCUT2D eigenvalue weighted by molar-refractivity contribution is 0.0323. The van der Waals surface area contributed by atoms with Crippen LogP contribution in [0.25, 0.3) is 0 Å². The van der Waals surface area contributed by atoms with Crippen molar-refractivity contribution in [2.24, 2.45) is 5.92 Å². The van der Waals surface area contributed by atoms with E-state index in [4.69, 9.17) is 4.74 Å². The Kier molecular flexibility index (Phi) is 8.76. The molecule has 0 spiro atoms. The van der Waals surface area contributed by atoms with Crippen LogP contribution in [-0.4, -0.2) is 42.5 Å². The van der Waals surface area contributed by atoms with Gasteiger partial charge in [-0.05, 0) is 45.7 Å². The largest absolute Gasteiger partial charge is 0.444 e. The van der Waals surface area contributed by atoms with E-state index in [1.54, 1.807) is 0 Å². The number of carbonyl (C=O) groups is 1. The zero-order valence-corrected chi connectivity index (χ0v) is 13.0. The lowest BCUT2D eigenvalue weighted by Crippen LogP contribution is -2.43. The Morgan fingerprint density at radius 2 is 2.00 bits per heavy atom. The van der Waals surface area contributed by atoms with Crippen LogP contribution >= 0.6 is 0 Å². The van der Waals surface area contributed by atoms with Gasteiger partial charge in [0.1, 0.15) is 5.60 Å². The summed E-state index contributed by atoms with van der Waals surface area (Å²) in [5, 5.41) is 15.2. The van der Waals surface area contributed by atoms with E-state index in [0.717, 1.165) is 19.5 Å². The summed E-state index contributed by atoms with van der Waals surface area (Å²) in [6, 6.07) is -0.264. The quantitative estimate of drug-likeness (QED) is 0.562. The molecule has 19 heavy (non-hydrogen) atoms. The van der Waals surface area contributed by atoms with Crippen LogP contribution in [0.15, 0.2) is 0 Å². The van der Waals surface area contributed by atoms with Gasteiger partial charge >= 0.3 is 6.09 Å². The summed E-state index contributed by atoms with van der Waals surface area (Å²) in [6.07, 6.45) is 0.972. The number of aliphatic hydroxyl groups is 1.